The summed E-state index contributed by atoms with van der Waals surface area (Å²) in [6, 6.07) is 14.5. The number of aryl methyl sites for hydroxylation is 1. The Morgan fingerprint density at radius 2 is 1.79 bits per heavy atom. The van der Waals surface area contributed by atoms with Crippen LogP contribution in [-0.4, -0.2) is 35.2 Å². The SMILES string of the molecule is CCOc1ccc(OCCNC(=O)CCn2cnc3ccccc3c2=O)cc1. The van der Waals surface area contributed by atoms with Crippen LogP contribution < -0.4 is 20.3 Å². The Morgan fingerprint density at radius 3 is 2.54 bits per heavy atom. The molecule has 7 heteroatoms. The van der Waals surface area contributed by atoms with Gasteiger partial charge in [0.2, 0.25) is 5.91 Å². The summed E-state index contributed by atoms with van der Waals surface area (Å²) in [5.41, 5.74) is 0.511. The average molecular weight is 381 g/mol. The molecular formula is C21H23N3O4. The van der Waals surface area contributed by atoms with Gasteiger partial charge >= 0.3 is 0 Å². The van der Waals surface area contributed by atoms with Crippen LogP contribution in [0, 0.1) is 0 Å². The molecule has 7 nitrogen and oxygen atoms in total. The van der Waals surface area contributed by atoms with Crippen molar-refractivity contribution >= 4 is 16.8 Å². The second-order valence-corrected chi connectivity index (χ2v) is 6.11. The molecule has 1 heterocycles. The molecule has 1 aromatic heterocycles. The van der Waals surface area contributed by atoms with E-state index in [2.05, 4.69) is 10.3 Å². The first-order chi connectivity index (χ1) is 13.7. The van der Waals surface area contributed by atoms with Crippen molar-refractivity contribution in [3.05, 3.63) is 65.2 Å². The number of fused-ring (bicyclic) bond motifs is 1. The Bertz CT molecular complexity index is 983. The lowest BCUT2D eigenvalue weighted by atomic mass is 10.2. The summed E-state index contributed by atoms with van der Waals surface area (Å²) in [4.78, 5) is 28.6. The number of benzene rings is 2. The third-order valence-corrected chi connectivity index (χ3v) is 4.14. The van der Waals surface area contributed by atoms with Gasteiger partial charge < -0.3 is 14.8 Å². The number of ether oxygens (including phenoxy) is 2. The molecule has 3 rings (SSSR count). The molecule has 0 saturated heterocycles. The minimum Gasteiger partial charge on any atom is -0.494 e. The van der Waals surface area contributed by atoms with Crippen molar-refractivity contribution in [2.45, 2.75) is 19.9 Å². The van der Waals surface area contributed by atoms with Crippen molar-refractivity contribution in [1.82, 2.24) is 14.9 Å². The summed E-state index contributed by atoms with van der Waals surface area (Å²) in [7, 11) is 0. The van der Waals surface area contributed by atoms with Crippen LogP contribution in [0.25, 0.3) is 10.9 Å². The number of hydrogen-bond donors (Lipinski definition) is 1. The van der Waals surface area contributed by atoms with Crippen molar-refractivity contribution in [3.63, 3.8) is 0 Å². The standard InChI is InChI=1S/C21H23N3O4/c1-2-27-16-7-9-17(10-8-16)28-14-12-22-20(25)11-13-24-15-23-19-6-4-3-5-18(19)21(24)26/h3-10,15H,2,11-14H2,1H3,(H,22,25). The molecule has 28 heavy (non-hydrogen) atoms. The number of nitrogens with one attached hydrogen (secondary N) is 1. The molecule has 0 radical (unpaired) electrons. The molecule has 2 aromatic carbocycles. The molecule has 0 unspecified atom stereocenters. The van der Waals surface area contributed by atoms with Crippen LogP contribution in [0.1, 0.15) is 13.3 Å². The summed E-state index contributed by atoms with van der Waals surface area (Å²) < 4.78 is 12.4. The number of rotatable bonds is 9. The summed E-state index contributed by atoms with van der Waals surface area (Å²) >= 11 is 0. The third-order valence-electron chi connectivity index (χ3n) is 4.14. The second-order valence-electron chi connectivity index (χ2n) is 6.11. The van der Waals surface area contributed by atoms with E-state index in [9.17, 15) is 9.59 Å². The van der Waals surface area contributed by atoms with Crippen molar-refractivity contribution in [2.24, 2.45) is 0 Å². The first-order valence-electron chi connectivity index (χ1n) is 9.24. The number of aromatic nitrogens is 2. The fourth-order valence-corrected chi connectivity index (χ4v) is 2.73. The highest BCUT2D eigenvalue weighted by Crippen LogP contribution is 2.17. The quantitative estimate of drug-likeness (QED) is 0.576. The van der Waals surface area contributed by atoms with Crippen molar-refractivity contribution in [1.29, 1.82) is 0 Å². The van der Waals surface area contributed by atoms with Crippen LogP contribution in [0.5, 0.6) is 11.5 Å². The molecule has 0 fully saturated rings. The maximum Gasteiger partial charge on any atom is 0.261 e. The van der Waals surface area contributed by atoms with E-state index in [1.165, 1.54) is 10.9 Å². The number of hydrogen-bond acceptors (Lipinski definition) is 5. The molecule has 0 atom stereocenters. The highest BCUT2D eigenvalue weighted by molar-refractivity contribution is 5.77. The van der Waals surface area contributed by atoms with Crippen molar-refractivity contribution < 1.29 is 14.3 Å². The summed E-state index contributed by atoms with van der Waals surface area (Å²) in [5.74, 6) is 1.36. The maximum atomic E-state index is 12.4. The van der Waals surface area contributed by atoms with Gasteiger partial charge in [-0.2, -0.15) is 0 Å². The van der Waals surface area contributed by atoms with E-state index < -0.39 is 0 Å². The van der Waals surface area contributed by atoms with Gasteiger partial charge in [0.15, 0.2) is 0 Å². The smallest absolute Gasteiger partial charge is 0.261 e. The van der Waals surface area contributed by atoms with E-state index in [1.54, 1.807) is 18.2 Å². The molecular weight excluding hydrogens is 358 g/mol. The lowest BCUT2D eigenvalue weighted by molar-refractivity contribution is -0.121. The largest absolute Gasteiger partial charge is 0.494 e. The molecule has 0 saturated carbocycles. The van der Waals surface area contributed by atoms with E-state index in [-0.39, 0.29) is 24.4 Å². The normalized spacial score (nSPS) is 10.6. The molecule has 0 spiro atoms. The minimum absolute atomic E-state index is 0.141. The predicted octanol–water partition coefficient (Wildman–Crippen LogP) is 2.38. The zero-order valence-electron chi connectivity index (χ0n) is 15.8. The van der Waals surface area contributed by atoms with Gasteiger partial charge in [-0.05, 0) is 43.3 Å². The highest BCUT2D eigenvalue weighted by atomic mass is 16.5. The first kappa shape index (κ1) is 19.4. The summed E-state index contributed by atoms with van der Waals surface area (Å²) in [6.07, 6.45) is 1.68. The van der Waals surface area contributed by atoms with Crippen LogP contribution in [0.3, 0.4) is 0 Å². The van der Waals surface area contributed by atoms with E-state index in [1.807, 2.05) is 37.3 Å². The molecule has 0 aliphatic carbocycles. The van der Waals surface area contributed by atoms with E-state index in [0.29, 0.717) is 36.4 Å². The number of carbonyl (C=O) groups excluding carboxylic acids is 1. The zero-order valence-corrected chi connectivity index (χ0v) is 15.8. The lowest BCUT2D eigenvalue weighted by Gasteiger charge is -2.09. The Balaban J connectivity index is 1.41. The van der Waals surface area contributed by atoms with Gasteiger partial charge in [0.05, 0.1) is 30.4 Å². The van der Waals surface area contributed by atoms with Gasteiger partial charge in [0.25, 0.3) is 5.56 Å². The van der Waals surface area contributed by atoms with Gasteiger partial charge in [-0.3, -0.25) is 14.2 Å². The van der Waals surface area contributed by atoms with E-state index in [0.717, 1.165) is 5.75 Å². The Morgan fingerprint density at radius 1 is 1.07 bits per heavy atom. The van der Waals surface area contributed by atoms with Gasteiger partial charge in [-0.15, -0.1) is 0 Å². The summed E-state index contributed by atoms with van der Waals surface area (Å²) in [6.45, 7) is 3.57. The number of para-hydroxylation sites is 1. The van der Waals surface area contributed by atoms with E-state index >= 15 is 0 Å². The number of amides is 1. The van der Waals surface area contributed by atoms with Crippen LogP contribution in [0.4, 0.5) is 0 Å². The molecule has 1 N–H and O–H groups in total. The molecule has 0 aliphatic heterocycles. The maximum absolute atomic E-state index is 12.4. The Hall–Kier alpha value is -3.35. The molecule has 0 aliphatic rings. The van der Waals surface area contributed by atoms with Crippen molar-refractivity contribution in [2.75, 3.05) is 19.8 Å². The molecule has 0 bridgehead atoms. The van der Waals surface area contributed by atoms with Crippen LogP contribution in [0.2, 0.25) is 0 Å². The van der Waals surface area contributed by atoms with Crippen LogP contribution >= 0.6 is 0 Å². The van der Waals surface area contributed by atoms with Gasteiger partial charge in [0.1, 0.15) is 18.1 Å². The first-order valence-corrected chi connectivity index (χ1v) is 9.24. The summed E-state index contributed by atoms with van der Waals surface area (Å²) in [5, 5.41) is 3.34. The minimum atomic E-state index is -0.143. The third kappa shape index (κ3) is 5.09. The van der Waals surface area contributed by atoms with Crippen molar-refractivity contribution in [3.8, 4) is 11.5 Å². The average Bonchev–Trinajstić information content (AvgIpc) is 2.72. The molecule has 1 amide bonds. The van der Waals surface area contributed by atoms with E-state index in [4.69, 9.17) is 9.47 Å². The zero-order chi connectivity index (χ0) is 19.8. The van der Waals surface area contributed by atoms with Crippen LogP contribution in [0.15, 0.2) is 59.7 Å². The highest BCUT2D eigenvalue weighted by Gasteiger charge is 2.06. The fraction of sp³-hybridized carbons (Fsp3) is 0.286. The Kier molecular flexibility index (Phi) is 6.62. The monoisotopic (exact) mass is 381 g/mol. The Labute approximate surface area is 162 Å². The number of nitrogens with zero attached hydrogens (tertiary/aromatic N) is 2. The van der Waals surface area contributed by atoms with Gasteiger partial charge in [-0.1, -0.05) is 12.1 Å². The fourth-order valence-electron chi connectivity index (χ4n) is 2.73. The number of carbonyl (C=O) groups is 1. The topological polar surface area (TPSA) is 82.4 Å². The predicted molar refractivity (Wildman–Crippen MR) is 107 cm³/mol. The molecule has 146 valence electrons. The van der Waals surface area contributed by atoms with Gasteiger partial charge in [0, 0.05) is 13.0 Å². The lowest BCUT2D eigenvalue weighted by Crippen LogP contribution is -2.30. The van der Waals surface area contributed by atoms with Crippen LogP contribution in [-0.2, 0) is 11.3 Å². The second kappa shape index (κ2) is 9.55. The van der Waals surface area contributed by atoms with Gasteiger partial charge in [-0.25, -0.2) is 4.98 Å². The molecule has 3 aromatic rings.